The molecule has 4 nitrogen and oxygen atoms in total. The summed E-state index contributed by atoms with van der Waals surface area (Å²) in [6.45, 7) is 3.25. The predicted molar refractivity (Wildman–Crippen MR) is 78.6 cm³/mol. The van der Waals surface area contributed by atoms with Crippen molar-refractivity contribution in [2.24, 2.45) is 13.0 Å². The van der Waals surface area contributed by atoms with Crippen LogP contribution in [0.4, 0.5) is 0 Å². The van der Waals surface area contributed by atoms with Crippen molar-refractivity contribution in [3.05, 3.63) is 36.0 Å². The minimum atomic E-state index is -0.286. The molecule has 1 aromatic carbocycles. The number of amides is 1. The molecule has 4 heteroatoms. The Hall–Kier alpha value is -1.81. The fourth-order valence-corrected chi connectivity index (χ4v) is 3.00. The summed E-state index contributed by atoms with van der Waals surface area (Å²) in [5.41, 5.74) is 1.83. The summed E-state index contributed by atoms with van der Waals surface area (Å²) >= 11 is 0. The zero-order valence-electron chi connectivity index (χ0n) is 11.9. The maximum absolute atomic E-state index is 12.7. The van der Waals surface area contributed by atoms with E-state index in [0.717, 1.165) is 16.5 Å². The van der Waals surface area contributed by atoms with Crippen LogP contribution >= 0.6 is 0 Å². The molecule has 1 fully saturated rings. The number of aliphatic hydroxyl groups is 1. The molecule has 0 saturated carbocycles. The van der Waals surface area contributed by atoms with Crippen molar-refractivity contribution in [2.45, 2.75) is 19.4 Å². The minimum absolute atomic E-state index is 0.0700. The second kappa shape index (κ2) is 4.94. The molecule has 2 unspecified atom stereocenters. The predicted octanol–water partition coefficient (Wildman–Crippen LogP) is 2.02. The van der Waals surface area contributed by atoms with Crippen molar-refractivity contribution >= 4 is 16.8 Å². The number of rotatable bonds is 1. The lowest BCUT2D eigenvalue weighted by molar-refractivity contribution is 0.0298. The molecule has 2 heterocycles. The van der Waals surface area contributed by atoms with Gasteiger partial charge >= 0.3 is 0 Å². The highest BCUT2D eigenvalue weighted by atomic mass is 16.3. The number of carbonyl (C=O) groups excluding carboxylic acids is 1. The number of carbonyl (C=O) groups is 1. The van der Waals surface area contributed by atoms with Crippen molar-refractivity contribution in [2.75, 3.05) is 13.1 Å². The fourth-order valence-electron chi connectivity index (χ4n) is 3.00. The van der Waals surface area contributed by atoms with Gasteiger partial charge in [-0.15, -0.1) is 0 Å². The van der Waals surface area contributed by atoms with E-state index in [1.807, 2.05) is 53.9 Å². The van der Waals surface area contributed by atoms with E-state index in [1.165, 1.54) is 0 Å². The maximum Gasteiger partial charge on any atom is 0.256 e. The normalized spacial score (nSPS) is 23.2. The molecule has 1 saturated heterocycles. The Labute approximate surface area is 118 Å². The molecule has 1 aromatic heterocycles. The summed E-state index contributed by atoms with van der Waals surface area (Å²) in [6, 6.07) is 7.96. The highest BCUT2D eigenvalue weighted by Crippen LogP contribution is 2.24. The number of likely N-dealkylation sites (tertiary alicyclic amines) is 1. The maximum atomic E-state index is 12.7. The molecular formula is C16H20N2O2. The molecule has 106 valence electrons. The second-order valence-electron chi connectivity index (χ2n) is 5.76. The van der Waals surface area contributed by atoms with E-state index < -0.39 is 0 Å². The zero-order valence-corrected chi connectivity index (χ0v) is 11.9. The van der Waals surface area contributed by atoms with Crippen molar-refractivity contribution < 1.29 is 9.90 Å². The number of nitrogens with zero attached hydrogens (tertiary/aromatic N) is 2. The molecule has 1 aliphatic heterocycles. The summed E-state index contributed by atoms with van der Waals surface area (Å²) in [5, 5.41) is 10.8. The van der Waals surface area contributed by atoms with Crippen molar-refractivity contribution in [3.63, 3.8) is 0 Å². The molecule has 0 spiro atoms. The standard InChI is InChI=1S/C16H20N2O2/c1-11-9-18(8-7-15(11)19)16(20)13-10-17(2)14-6-4-3-5-12(13)14/h3-6,10-11,15,19H,7-9H2,1-2H3. The van der Waals surface area contributed by atoms with Crippen LogP contribution in [-0.4, -0.2) is 39.7 Å². The number of piperidine rings is 1. The van der Waals surface area contributed by atoms with Crippen LogP contribution in [0.5, 0.6) is 0 Å². The van der Waals surface area contributed by atoms with Gasteiger partial charge in [-0.2, -0.15) is 0 Å². The van der Waals surface area contributed by atoms with Crippen LogP contribution < -0.4 is 0 Å². The van der Waals surface area contributed by atoms with Gasteiger partial charge in [0, 0.05) is 37.2 Å². The van der Waals surface area contributed by atoms with Gasteiger partial charge in [0.05, 0.1) is 11.7 Å². The van der Waals surface area contributed by atoms with E-state index in [-0.39, 0.29) is 17.9 Å². The Kier molecular flexibility index (Phi) is 3.26. The Morgan fingerprint density at radius 2 is 2.10 bits per heavy atom. The Morgan fingerprint density at radius 3 is 2.85 bits per heavy atom. The first kappa shape index (κ1) is 13.2. The number of fused-ring (bicyclic) bond motifs is 1. The average molecular weight is 272 g/mol. The van der Waals surface area contributed by atoms with Crippen molar-refractivity contribution in [1.82, 2.24) is 9.47 Å². The van der Waals surface area contributed by atoms with Crippen LogP contribution in [0.25, 0.3) is 10.9 Å². The Balaban J connectivity index is 1.93. The van der Waals surface area contributed by atoms with Crippen LogP contribution in [0.2, 0.25) is 0 Å². The first-order valence-corrected chi connectivity index (χ1v) is 7.09. The number of aromatic nitrogens is 1. The Bertz CT molecular complexity index is 647. The number of hydrogen-bond donors (Lipinski definition) is 1. The van der Waals surface area contributed by atoms with Crippen LogP contribution in [0.3, 0.4) is 0 Å². The third kappa shape index (κ3) is 2.10. The molecule has 20 heavy (non-hydrogen) atoms. The SMILES string of the molecule is CC1CN(C(=O)c2cn(C)c3ccccc23)CCC1O. The molecule has 1 aliphatic rings. The summed E-state index contributed by atoms with van der Waals surface area (Å²) in [7, 11) is 1.96. The molecule has 1 amide bonds. The lowest BCUT2D eigenvalue weighted by Gasteiger charge is -2.34. The first-order valence-electron chi connectivity index (χ1n) is 7.09. The summed E-state index contributed by atoms with van der Waals surface area (Å²) in [6.07, 6.45) is 2.28. The van der Waals surface area contributed by atoms with Gasteiger partial charge in [-0.25, -0.2) is 0 Å². The fraction of sp³-hybridized carbons (Fsp3) is 0.438. The van der Waals surface area contributed by atoms with Crippen LogP contribution in [0.1, 0.15) is 23.7 Å². The van der Waals surface area contributed by atoms with Gasteiger partial charge in [0.2, 0.25) is 0 Å². The summed E-state index contributed by atoms with van der Waals surface area (Å²) in [4.78, 5) is 14.6. The van der Waals surface area contributed by atoms with Gasteiger partial charge < -0.3 is 14.6 Å². The topological polar surface area (TPSA) is 45.5 Å². The molecule has 2 aromatic rings. The molecule has 1 N–H and O–H groups in total. The van der Waals surface area contributed by atoms with Gasteiger partial charge in [0.25, 0.3) is 5.91 Å². The lowest BCUT2D eigenvalue weighted by Crippen LogP contribution is -2.44. The van der Waals surface area contributed by atoms with E-state index >= 15 is 0 Å². The lowest BCUT2D eigenvalue weighted by atomic mass is 9.96. The van der Waals surface area contributed by atoms with Gasteiger partial charge in [-0.3, -0.25) is 4.79 Å². The highest BCUT2D eigenvalue weighted by molar-refractivity contribution is 6.07. The minimum Gasteiger partial charge on any atom is -0.393 e. The van der Waals surface area contributed by atoms with Crippen molar-refractivity contribution in [1.29, 1.82) is 0 Å². The van der Waals surface area contributed by atoms with Crippen LogP contribution in [-0.2, 0) is 7.05 Å². The smallest absolute Gasteiger partial charge is 0.256 e. The van der Waals surface area contributed by atoms with Crippen LogP contribution in [0.15, 0.2) is 30.5 Å². The largest absolute Gasteiger partial charge is 0.393 e. The molecule has 0 bridgehead atoms. The molecule has 0 radical (unpaired) electrons. The van der Waals surface area contributed by atoms with Gasteiger partial charge in [-0.05, 0) is 18.4 Å². The first-order chi connectivity index (χ1) is 9.58. The third-order valence-corrected chi connectivity index (χ3v) is 4.27. The molecule has 0 aliphatic carbocycles. The Morgan fingerprint density at radius 1 is 1.35 bits per heavy atom. The molecule has 3 rings (SSSR count). The van der Waals surface area contributed by atoms with Crippen molar-refractivity contribution in [3.8, 4) is 0 Å². The molecule has 2 atom stereocenters. The monoisotopic (exact) mass is 272 g/mol. The molecular weight excluding hydrogens is 252 g/mol. The summed E-state index contributed by atoms with van der Waals surface area (Å²) < 4.78 is 1.99. The number of hydrogen-bond acceptors (Lipinski definition) is 2. The average Bonchev–Trinajstić information content (AvgIpc) is 2.79. The number of benzene rings is 1. The highest BCUT2D eigenvalue weighted by Gasteiger charge is 2.28. The third-order valence-electron chi connectivity index (χ3n) is 4.27. The van der Waals surface area contributed by atoms with Gasteiger partial charge in [0.15, 0.2) is 0 Å². The summed E-state index contributed by atoms with van der Waals surface area (Å²) in [5.74, 6) is 0.211. The van der Waals surface area contributed by atoms with E-state index in [9.17, 15) is 9.90 Å². The number of aliphatic hydroxyl groups excluding tert-OH is 1. The number of aryl methyl sites for hydroxylation is 1. The van der Waals surface area contributed by atoms with E-state index in [1.54, 1.807) is 0 Å². The van der Waals surface area contributed by atoms with E-state index in [2.05, 4.69) is 0 Å². The number of para-hydroxylation sites is 1. The van der Waals surface area contributed by atoms with Gasteiger partial charge in [0.1, 0.15) is 0 Å². The van der Waals surface area contributed by atoms with E-state index in [0.29, 0.717) is 19.5 Å². The second-order valence-corrected chi connectivity index (χ2v) is 5.76. The van der Waals surface area contributed by atoms with Gasteiger partial charge in [-0.1, -0.05) is 25.1 Å². The quantitative estimate of drug-likeness (QED) is 0.863. The van der Waals surface area contributed by atoms with E-state index in [4.69, 9.17) is 0 Å². The zero-order chi connectivity index (χ0) is 14.3. The van der Waals surface area contributed by atoms with Crippen LogP contribution in [0, 0.1) is 5.92 Å².